The van der Waals surface area contributed by atoms with Crippen LogP contribution < -0.4 is 4.90 Å². The highest BCUT2D eigenvalue weighted by Crippen LogP contribution is 2.32. The molecule has 1 aromatic heterocycles. The summed E-state index contributed by atoms with van der Waals surface area (Å²) in [6.07, 6.45) is 0. The van der Waals surface area contributed by atoms with E-state index in [9.17, 15) is 4.79 Å². The van der Waals surface area contributed by atoms with Crippen molar-refractivity contribution in [3.63, 3.8) is 0 Å². The minimum Gasteiger partial charge on any atom is -0.379 e. The quantitative estimate of drug-likeness (QED) is 0.597. The van der Waals surface area contributed by atoms with Crippen LogP contribution in [0.15, 0.2) is 36.4 Å². The number of thiazole rings is 1. The van der Waals surface area contributed by atoms with Crippen LogP contribution in [0.2, 0.25) is 5.02 Å². The van der Waals surface area contributed by atoms with Gasteiger partial charge < -0.3 is 4.74 Å². The molecule has 3 aromatic rings. The zero-order valence-corrected chi connectivity index (χ0v) is 18.2. The summed E-state index contributed by atoms with van der Waals surface area (Å²) in [5.41, 5.74) is 3.71. The molecule has 2 heterocycles. The van der Waals surface area contributed by atoms with E-state index in [1.165, 1.54) is 11.3 Å². The van der Waals surface area contributed by atoms with Crippen molar-refractivity contribution in [3.05, 3.63) is 58.1 Å². The Morgan fingerprint density at radius 3 is 2.76 bits per heavy atom. The summed E-state index contributed by atoms with van der Waals surface area (Å²) in [6.45, 7) is 8.65. The second-order valence-electron chi connectivity index (χ2n) is 7.34. The van der Waals surface area contributed by atoms with E-state index in [0.717, 1.165) is 59.8 Å². The van der Waals surface area contributed by atoms with E-state index in [4.69, 9.17) is 21.3 Å². The number of hydrogen-bond acceptors (Lipinski definition) is 5. The third-order valence-electron chi connectivity index (χ3n) is 5.17. The van der Waals surface area contributed by atoms with Crippen molar-refractivity contribution in [2.75, 3.05) is 44.3 Å². The Kier molecular flexibility index (Phi) is 6.15. The van der Waals surface area contributed by atoms with Crippen LogP contribution in [0.1, 0.15) is 21.5 Å². The van der Waals surface area contributed by atoms with Gasteiger partial charge in [0, 0.05) is 36.8 Å². The molecule has 0 aliphatic carbocycles. The first kappa shape index (κ1) is 20.3. The first-order chi connectivity index (χ1) is 14.0. The molecule has 1 fully saturated rings. The molecule has 2 aromatic carbocycles. The largest absolute Gasteiger partial charge is 0.379 e. The molecule has 7 heteroatoms. The standard InChI is InChI=1S/C22H24ClN3O2S/c1-15-3-5-18(16(2)13-15)21(27)26(8-7-25-9-11-28-12-10-25)22-24-19-6-4-17(23)14-20(19)29-22/h3-6,13-14H,7-12H2,1-2H3. The van der Waals surface area contributed by atoms with E-state index in [-0.39, 0.29) is 5.91 Å². The van der Waals surface area contributed by atoms with E-state index in [2.05, 4.69) is 4.90 Å². The van der Waals surface area contributed by atoms with Crippen molar-refractivity contribution in [2.24, 2.45) is 0 Å². The maximum absolute atomic E-state index is 13.5. The van der Waals surface area contributed by atoms with Crippen LogP contribution in [-0.2, 0) is 4.74 Å². The topological polar surface area (TPSA) is 45.7 Å². The van der Waals surface area contributed by atoms with Crippen molar-refractivity contribution in [3.8, 4) is 0 Å². The Morgan fingerprint density at radius 2 is 2.00 bits per heavy atom. The summed E-state index contributed by atoms with van der Waals surface area (Å²) in [5, 5.41) is 1.38. The molecule has 1 aliphatic heterocycles. The van der Waals surface area contributed by atoms with Gasteiger partial charge >= 0.3 is 0 Å². The Bertz CT molecular complexity index is 1030. The molecule has 0 N–H and O–H groups in total. The third kappa shape index (κ3) is 4.61. The summed E-state index contributed by atoms with van der Waals surface area (Å²) in [5.74, 6) is -0.0130. The van der Waals surface area contributed by atoms with E-state index >= 15 is 0 Å². The van der Waals surface area contributed by atoms with Gasteiger partial charge in [0.05, 0.1) is 23.4 Å². The Labute approximate surface area is 179 Å². The second-order valence-corrected chi connectivity index (χ2v) is 8.78. The average molecular weight is 430 g/mol. The molecular formula is C22H24ClN3O2S. The monoisotopic (exact) mass is 429 g/mol. The molecule has 1 amide bonds. The van der Waals surface area contributed by atoms with E-state index in [0.29, 0.717) is 16.7 Å². The zero-order chi connectivity index (χ0) is 20.4. The van der Waals surface area contributed by atoms with E-state index in [1.54, 1.807) is 0 Å². The number of halogens is 1. The highest BCUT2D eigenvalue weighted by atomic mass is 35.5. The van der Waals surface area contributed by atoms with Gasteiger partial charge in [0.1, 0.15) is 0 Å². The number of ether oxygens (including phenoxy) is 1. The van der Waals surface area contributed by atoms with E-state index < -0.39 is 0 Å². The van der Waals surface area contributed by atoms with Gasteiger partial charge in [0.2, 0.25) is 0 Å². The van der Waals surface area contributed by atoms with Crippen LogP contribution >= 0.6 is 22.9 Å². The molecular weight excluding hydrogens is 406 g/mol. The molecule has 0 bridgehead atoms. The zero-order valence-electron chi connectivity index (χ0n) is 16.7. The normalized spacial score (nSPS) is 15.0. The lowest BCUT2D eigenvalue weighted by Crippen LogP contribution is -2.43. The molecule has 1 aliphatic rings. The number of aromatic nitrogens is 1. The lowest BCUT2D eigenvalue weighted by molar-refractivity contribution is 0.0391. The number of amides is 1. The van der Waals surface area contributed by atoms with Gasteiger partial charge in [-0.1, -0.05) is 40.6 Å². The predicted octanol–water partition coefficient (Wildman–Crippen LogP) is 4.55. The molecule has 0 spiro atoms. The molecule has 4 rings (SSSR count). The summed E-state index contributed by atoms with van der Waals surface area (Å²) < 4.78 is 6.42. The van der Waals surface area contributed by atoms with Gasteiger partial charge in [0.15, 0.2) is 5.13 Å². The number of carbonyl (C=O) groups excluding carboxylic acids is 1. The van der Waals surface area contributed by atoms with Crippen molar-refractivity contribution in [1.82, 2.24) is 9.88 Å². The van der Waals surface area contributed by atoms with Gasteiger partial charge in [-0.25, -0.2) is 4.98 Å². The lowest BCUT2D eigenvalue weighted by atomic mass is 10.0. The maximum atomic E-state index is 13.5. The number of morpholine rings is 1. The minimum atomic E-state index is -0.0130. The van der Waals surface area contributed by atoms with Gasteiger partial charge in [0.25, 0.3) is 5.91 Å². The molecule has 29 heavy (non-hydrogen) atoms. The number of hydrogen-bond donors (Lipinski definition) is 0. The molecule has 0 unspecified atom stereocenters. The van der Waals surface area contributed by atoms with Crippen LogP contribution in [-0.4, -0.2) is 55.2 Å². The summed E-state index contributed by atoms with van der Waals surface area (Å²) in [4.78, 5) is 22.4. The van der Waals surface area contributed by atoms with Crippen molar-refractivity contribution in [1.29, 1.82) is 0 Å². The second kappa shape index (κ2) is 8.79. The molecule has 0 saturated carbocycles. The van der Waals surface area contributed by atoms with Crippen LogP contribution in [0.3, 0.4) is 0 Å². The fraction of sp³-hybridized carbons (Fsp3) is 0.364. The summed E-state index contributed by atoms with van der Waals surface area (Å²) >= 11 is 7.65. The first-order valence-electron chi connectivity index (χ1n) is 9.76. The van der Waals surface area contributed by atoms with Gasteiger partial charge in [-0.15, -0.1) is 0 Å². The number of benzene rings is 2. The average Bonchev–Trinajstić information content (AvgIpc) is 3.11. The van der Waals surface area contributed by atoms with Crippen molar-refractivity contribution < 1.29 is 9.53 Å². The minimum absolute atomic E-state index is 0.0130. The molecule has 152 valence electrons. The highest BCUT2D eigenvalue weighted by Gasteiger charge is 2.24. The lowest BCUT2D eigenvalue weighted by Gasteiger charge is -2.29. The maximum Gasteiger partial charge on any atom is 0.260 e. The predicted molar refractivity (Wildman–Crippen MR) is 119 cm³/mol. The fourth-order valence-corrected chi connectivity index (χ4v) is 4.82. The third-order valence-corrected chi connectivity index (χ3v) is 6.45. The molecule has 0 radical (unpaired) electrons. The Balaban J connectivity index is 1.66. The van der Waals surface area contributed by atoms with E-state index in [1.807, 2.05) is 55.1 Å². The Morgan fingerprint density at radius 1 is 1.21 bits per heavy atom. The fourth-order valence-electron chi connectivity index (χ4n) is 3.55. The van der Waals surface area contributed by atoms with Crippen LogP contribution in [0.5, 0.6) is 0 Å². The van der Waals surface area contributed by atoms with Crippen molar-refractivity contribution in [2.45, 2.75) is 13.8 Å². The number of fused-ring (bicyclic) bond motifs is 1. The molecule has 0 atom stereocenters. The molecule has 1 saturated heterocycles. The summed E-state index contributed by atoms with van der Waals surface area (Å²) in [6, 6.07) is 11.6. The Hall–Kier alpha value is -1.99. The number of rotatable bonds is 5. The first-order valence-corrected chi connectivity index (χ1v) is 11.0. The van der Waals surface area contributed by atoms with Gasteiger partial charge in [-0.3, -0.25) is 14.6 Å². The van der Waals surface area contributed by atoms with Crippen molar-refractivity contribution >= 4 is 44.2 Å². The van der Waals surface area contributed by atoms with Crippen LogP contribution in [0.25, 0.3) is 10.2 Å². The van der Waals surface area contributed by atoms with Gasteiger partial charge in [-0.2, -0.15) is 0 Å². The number of anilines is 1. The number of aryl methyl sites for hydroxylation is 2. The number of carbonyl (C=O) groups is 1. The van der Waals surface area contributed by atoms with Crippen LogP contribution in [0, 0.1) is 13.8 Å². The summed E-state index contributed by atoms with van der Waals surface area (Å²) in [7, 11) is 0. The van der Waals surface area contributed by atoms with Gasteiger partial charge in [-0.05, 0) is 43.7 Å². The smallest absolute Gasteiger partial charge is 0.260 e. The SMILES string of the molecule is Cc1ccc(C(=O)N(CCN2CCOCC2)c2nc3ccc(Cl)cc3s2)c(C)c1. The highest BCUT2D eigenvalue weighted by molar-refractivity contribution is 7.22. The molecule has 5 nitrogen and oxygen atoms in total. The van der Waals surface area contributed by atoms with Crippen LogP contribution in [0.4, 0.5) is 5.13 Å². The number of nitrogens with zero attached hydrogens (tertiary/aromatic N) is 3.